The molecular weight excluding hydrogens is 320 g/mol. The van der Waals surface area contributed by atoms with E-state index in [1.165, 1.54) is 12.0 Å². The highest BCUT2D eigenvalue weighted by atomic mass is 32.2. The van der Waals surface area contributed by atoms with E-state index in [4.69, 9.17) is 4.74 Å². The van der Waals surface area contributed by atoms with Crippen molar-refractivity contribution >= 4 is 23.5 Å². The Kier molecular flexibility index (Phi) is 6.44. The molecular formula is C19H28N2O2S. The third-order valence-corrected chi connectivity index (χ3v) is 6.22. The van der Waals surface area contributed by atoms with Crippen LogP contribution in [-0.2, 0) is 10.5 Å². The summed E-state index contributed by atoms with van der Waals surface area (Å²) in [5, 5.41) is 3.77. The van der Waals surface area contributed by atoms with Gasteiger partial charge in [0.05, 0.1) is 0 Å². The fourth-order valence-corrected chi connectivity index (χ4v) is 4.51. The lowest BCUT2D eigenvalue weighted by Crippen LogP contribution is -2.41. The van der Waals surface area contributed by atoms with Crippen LogP contribution in [0.4, 0.5) is 10.5 Å². The van der Waals surface area contributed by atoms with Crippen molar-refractivity contribution in [2.45, 2.75) is 43.6 Å². The second-order valence-corrected chi connectivity index (χ2v) is 8.24. The maximum absolute atomic E-state index is 12.4. The Morgan fingerprint density at radius 2 is 2.17 bits per heavy atom. The molecule has 0 bridgehead atoms. The SMILES string of the molecule is C[C@H]1CCCN(C(=O)Nc2cccc(CSC3CCOCC3)c2)C1. The normalized spacial score (nSPS) is 22.4. The number of piperidine rings is 1. The summed E-state index contributed by atoms with van der Waals surface area (Å²) in [6.07, 6.45) is 4.63. The summed E-state index contributed by atoms with van der Waals surface area (Å²) >= 11 is 2.00. The van der Waals surface area contributed by atoms with Crippen molar-refractivity contribution in [3.63, 3.8) is 0 Å². The summed E-state index contributed by atoms with van der Waals surface area (Å²) in [6, 6.07) is 8.31. The average Bonchev–Trinajstić information content (AvgIpc) is 2.61. The van der Waals surface area contributed by atoms with Gasteiger partial charge in [0.15, 0.2) is 0 Å². The number of anilines is 1. The first-order valence-corrected chi connectivity index (χ1v) is 10.1. The summed E-state index contributed by atoms with van der Waals surface area (Å²) < 4.78 is 5.41. The standard InChI is InChI=1S/C19H28N2O2S/c1-15-4-3-9-21(13-15)19(22)20-17-6-2-5-16(12-17)14-24-18-7-10-23-11-8-18/h2,5-6,12,15,18H,3-4,7-11,13-14H2,1H3,(H,20,22)/t15-/m0/s1. The molecule has 2 heterocycles. The number of rotatable bonds is 4. The number of thioether (sulfide) groups is 1. The van der Waals surface area contributed by atoms with E-state index in [9.17, 15) is 4.79 Å². The molecule has 1 aromatic carbocycles. The van der Waals surface area contributed by atoms with Gasteiger partial charge >= 0.3 is 6.03 Å². The molecule has 1 N–H and O–H groups in total. The minimum atomic E-state index is 0.0378. The van der Waals surface area contributed by atoms with E-state index in [2.05, 4.69) is 24.4 Å². The van der Waals surface area contributed by atoms with Gasteiger partial charge in [-0.2, -0.15) is 11.8 Å². The summed E-state index contributed by atoms with van der Waals surface area (Å²) in [7, 11) is 0. The monoisotopic (exact) mass is 348 g/mol. The molecule has 5 heteroatoms. The lowest BCUT2D eigenvalue weighted by atomic mass is 10.0. The molecule has 3 rings (SSSR count). The van der Waals surface area contributed by atoms with Gasteiger partial charge in [0.25, 0.3) is 0 Å². The Bertz CT molecular complexity index is 546. The van der Waals surface area contributed by atoms with Gasteiger partial charge in [0.2, 0.25) is 0 Å². The minimum absolute atomic E-state index is 0.0378. The number of benzene rings is 1. The van der Waals surface area contributed by atoms with E-state index >= 15 is 0 Å². The highest BCUT2D eigenvalue weighted by Gasteiger charge is 2.21. The molecule has 4 nitrogen and oxygen atoms in total. The summed E-state index contributed by atoms with van der Waals surface area (Å²) in [5.41, 5.74) is 2.18. The Hall–Kier alpha value is -1.20. The average molecular weight is 349 g/mol. The van der Waals surface area contributed by atoms with Gasteiger partial charge in [0, 0.05) is 43.0 Å². The zero-order valence-electron chi connectivity index (χ0n) is 14.5. The molecule has 24 heavy (non-hydrogen) atoms. The van der Waals surface area contributed by atoms with Gasteiger partial charge in [-0.3, -0.25) is 0 Å². The predicted octanol–water partition coefficient (Wildman–Crippen LogP) is 4.36. The first-order chi connectivity index (χ1) is 11.7. The topological polar surface area (TPSA) is 41.6 Å². The number of nitrogens with zero attached hydrogens (tertiary/aromatic N) is 1. The van der Waals surface area contributed by atoms with Crippen molar-refractivity contribution < 1.29 is 9.53 Å². The van der Waals surface area contributed by atoms with Crippen molar-refractivity contribution in [3.8, 4) is 0 Å². The molecule has 2 saturated heterocycles. The van der Waals surface area contributed by atoms with Gasteiger partial charge in [-0.1, -0.05) is 19.1 Å². The van der Waals surface area contributed by atoms with Crippen molar-refractivity contribution in [1.29, 1.82) is 0 Å². The number of amides is 2. The summed E-state index contributed by atoms with van der Waals surface area (Å²) in [6.45, 7) is 5.73. The molecule has 1 atom stereocenters. The van der Waals surface area contributed by atoms with E-state index in [0.29, 0.717) is 11.2 Å². The molecule has 0 radical (unpaired) electrons. The number of hydrogen-bond donors (Lipinski definition) is 1. The first kappa shape index (κ1) is 17.6. The van der Waals surface area contributed by atoms with Crippen LogP contribution in [0.15, 0.2) is 24.3 Å². The van der Waals surface area contributed by atoms with Crippen LogP contribution < -0.4 is 5.32 Å². The summed E-state index contributed by atoms with van der Waals surface area (Å²) in [5.74, 6) is 1.60. The van der Waals surface area contributed by atoms with Crippen molar-refractivity contribution in [2.75, 3.05) is 31.6 Å². The second-order valence-electron chi connectivity index (χ2n) is 6.95. The Morgan fingerprint density at radius 1 is 1.33 bits per heavy atom. The fraction of sp³-hybridized carbons (Fsp3) is 0.632. The first-order valence-electron chi connectivity index (χ1n) is 9.05. The predicted molar refractivity (Wildman–Crippen MR) is 101 cm³/mol. The molecule has 0 aliphatic carbocycles. The highest BCUT2D eigenvalue weighted by molar-refractivity contribution is 7.99. The Labute approximate surface area is 149 Å². The maximum atomic E-state index is 12.4. The maximum Gasteiger partial charge on any atom is 0.321 e. The van der Waals surface area contributed by atoms with E-state index in [1.807, 2.05) is 28.8 Å². The summed E-state index contributed by atoms with van der Waals surface area (Å²) in [4.78, 5) is 14.4. The molecule has 0 spiro atoms. The fourth-order valence-electron chi connectivity index (χ4n) is 3.37. The molecule has 0 unspecified atom stereocenters. The quantitative estimate of drug-likeness (QED) is 0.879. The Balaban J connectivity index is 1.51. The lowest BCUT2D eigenvalue weighted by molar-refractivity contribution is 0.1000. The van der Waals surface area contributed by atoms with E-state index in [-0.39, 0.29) is 6.03 Å². The van der Waals surface area contributed by atoms with Crippen molar-refractivity contribution in [2.24, 2.45) is 5.92 Å². The minimum Gasteiger partial charge on any atom is -0.381 e. The van der Waals surface area contributed by atoms with E-state index in [1.54, 1.807) is 0 Å². The molecule has 132 valence electrons. The number of nitrogens with one attached hydrogen (secondary N) is 1. The van der Waals surface area contributed by atoms with Crippen LogP contribution in [0.25, 0.3) is 0 Å². The zero-order valence-corrected chi connectivity index (χ0v) is 15.3. The van der Waals surface area contributed by atoms with E-state index < -0.39 is 0 Å². The van der Waals surface area contributed by atoms with Crippen LogP contribution in [0.5, 0.6) is 0 Å². The largest absolute Gasteiger partial charge is 0.381 e. The van der Waals surface area contributed by atoms with Crippen molar-refractivity contribution in [1.82, 2.24) is 4.90 Å². The number of carbonyl (C=O) groups is 1. The van der Waals surface area contributed by atoms with Crippen molar-refractivity contribution in [3.05, 3.63) is 29.8 Å². The number of carbonyl (C=O) groups excluding carboxylic acids is 1. The molecule has 2 fully saturated rings. The number of urea groups is 1. The second kappa shape index (κ2) is 8.77. The lowest BCUT2D eigenvalue weighted by Gasteiger charge is -2.31. The Morgan fingerprint density at radius 3 is 2.96 bits per heavy atom. The van der Waals surface area contributed by atoms with Crippen LogP contribution in [0, 0.1) is 5.92 Å². The molecule has 2 aliphatic rings. The van der Waals surface area contributed by atoms with Gasteiger partial charge < -0.3 is 15.0 Å². The van der Waals surface area contributed by atoms with Crippen LogP contribution in [0.2, 0.25) is 0 Å². The van der Waals surface area contributed by atoms with Crippen LogP contribution >= 0.6 is 11.8 Å². The zero-order chi connectivity index (χ0) is 16.8. The van der Waals surface area contributed by atoms with Gasteiger partial charge in [-0.25, -0.2) is 4.79 Å². The van der Waals surface area contributed by atoms with Crippen LogP contribution in [-0.4, -0.2) is 42.5 Å². The van der Waals surface area contributed by atoms with Gasteiger partial charge in [-0.05, 0) is 49.3 Å². The van der Waals surface area contributed by atoms with Crippen LogP contribution in [0.3, 0.4) is 0 Å². The third-order valence-electron chi connectivity index (χ3n) is 4.78. The molecule has 2 amide bonds. The number of likely N-dealkylation sites (tertiary alicyclic amines) is 1. The smallest absolute Gasteiger partial charge is 0.321 e. The van der Waals surface area contributed by atoms with Gasteiger partial charge in [-0.15, -0.1) is 0 Å². The molecule has 1 aromatic rings. The number of hydrogen-bond acceptors (Lipinski definition) is 3. The third kappa shape index (κ3) is 5.15. The molecule has 0 aromatic heterocycles. The molecule has 2 aliphatic heterocycles. The van der Waals surface area contributed by atoms with Gasteiger partial charge in [0.1, 0.15) is 0 Å². The number of ether oxygens (including phenoxy) is 1. The van der Waals surface area contributed by atoms with Crippen LogP contribution in [0.1, 0.15) is 38.2 Å². The highest BCUT2D eigenvalue weighted by Crippen LogP contribution is 2.26. The van der Waals surface area contributed by atoms with E-state index in [0.717, 1.165) is 57.0 Å². The molecule has 0 saturated carbocycles.